The van der Waals surface area contributed by atoms with Crippen molar-refractivity contribution in [2.45, 2.75) is 90.3 Å². The highest BCUT2D eigenvalue weighted by Crippen LogP contribution is 2.54. The van der Waals surface area contributed by atoms with Crippen LogP contribution in [0.25, 0.3) is 0 Å². The minimum absolute atomic E-state index is 0.143. The first-order chi connectivity index (χ1) is 20.1. The summed E-state index contributed by atoms with van der Waals surface area (Å²) in [5.41, 5.74) is 2.97. The molecule has 0 spiro atoms. The first kappa shape index (κ1) is 38.3. The molecule has 0 aliphatic carbocycles. The van der Waals surface area contributed by atoms with E-state index in [1.165, 1.54) is 25.8 Å². The summed E-state index contributed by atoms with van der Waals surface area (Å²) in [5, 5.41) is 2.62. The van der Waals surface area contributed by atoms with Crippen LogP contribution in [-0.4, -0.2) is 41.4 Å². The molecule has 4 nitrogen and oxygen atoms in total. The lowest BCUT2D eigenvalue weighted by Crippen LogP contribution is -2.63. The van der Waals surface area contributed by atoms with E-state index >= 15 is 0 Å². The molecule has 0 bridgehead atoms. The summed E-state index contributed by atoms with van der Waals surface area (Å²) in [5.74, 6) is -14.5. The molecular weight excluding hydrogens is 659 g/mol. The zero-order chi connectivity index (χ0) is 35.0. The minimum Gasteiger partial charge on any atom is -0.743 e. The fraction of sp³-hybridized carbons (Fsp3) is 0.400. The fourth-order valence-electron chi connectivity index (χ4n) is 3.69. The van der Waals surface area contributed by atoms with E-state index in [0.29, 0.717) is 5.75 Å². The second-order valence-corrected chi connectivity index (χ2v) is 15.4. The van der Waals surface area contributed by atoms with Crippen LogP contribution in [-0.2, 0) is 31.8 Å². The van der Waals surface area contributed by atoms with Crippen LogP contribution in [0.5, 0.6) is 5.75 Å². The molecule has 0 aliphatic heterocycles. The van der Waals surface area contributed by atoms with Crippen molar-refractivity contribution in [3.8, 4) is 5.75 Å². The summed E-state index contributed by atoms with van der Waals surface area (Å²) >= 11 is 0. The largest absolute Gasteiger partial charge is 0.743 e. The molecular formula is C30H31F9O4S2. The summed E-state index contributed by atoms with van der Waals surface area (Å²) < 4.78 is 135. The van der Waals surface area contributed by atoms with Crippen LogP contribution in [0.2, 0.25) is 0 Å². The smallest absolute Gasteiger partial charge is 0.460 e. The number of hydrogen-bond donors (Lipinski definition) is 1. The number of phenolic OH excluding ortho intramolecular Hbond substituents is 1. The maximum absolute atomic E-state index is 12.2. The van der Waals surface area contributed by atoms with Gasteiger partial charge in [0.25, 0.3) is 0 Å². The second kappa shape index (κ2) is 12.7. The summed E-state index contributed by atoms with van der Waals surface area (Å²) in [6.45, 7) is 13.5. The number of hydrogen-bond acceptors (Lipinski definition) is 4. The van der Waals surface area contributed by atoms with Gasteiger partial charge in [0.1, 0.15) is 5.75 Å². The molecule has 0 aliphatic rings. The zero-order valence-electron chi connectivity index (χ0n) is 24.8. The lowest BCUT2D eigenvalue weighted by molar-refractivity contribution is -0.382. The molecule has 0 saturated heterocycles. The number of alkyl halides is 9. The first-order valence-electron chi connectivity index (χ1n) is 13.0. The van der Waals surface area contributed by atoms with Crippen molar-refractivity contribution in [3.05, 3.63) is 83.9 Å². The van der Waals surface area contributed by atoms with Crippen molar-refractivity contribution in [1.29, 1.82) is 0 Å². The van der Waals surface area contributed by atoms with Gasteiger partial charge < -0.3 is 9.66 Å². The molecule has 15 heteroatoms. The van der Waals surface area contributed by atoms with Crippen LogP contribution in [0.4, 0.5) is 39.5 Å². The predicted molar refractivity (Wildman–Crippen MR) is 151 cm³/mol. The van der Waals surface area contributed by atoms with Gasteiger partial charge in [-0.3, -0.25) is 0 Å². The monoisotopic (exact) mass is 690 g/mol. The minimum atomic E-state index is -7.43. The Hall–Kier alpha value is -2.91. The summed E-state index contributed by atoms with van der Waals surface area (Å²) in [6, 6.07) is 25.7. The Labute approximate surface area is 258 Å². The molecule has 3 rings (SSSR count). The van der Waals surface area contributed by atoms with Crippen molar-refractivity contribution < 1.29 is 57.6 Å². The van der Waals surface area contributed by atoms with E-state index in [0.717, 1.165) is 0 Å². The van der Waals surface area contributed by atoms with Crippen molar-refractivity contribution in [3.63, 3.8) is 0 Å². The maximum atomic E-state index is 12.2. The topological polar surface area (TPSA) is 77.4 Å². The zero-order valence-corrected chi connectivity index (χ0v) is 26.5. The van der Waals surface area contributed by atoms with Gasteiger partial charge in [0, 0.05) is 0 Å². The van der Waals surface area contributed by atoms with Gasteiger partial charge in [0.2, 0.25) is 0 Å². The number of benzene rings is 3. The van der Waals surface area contributed by atoms with E-state index in [9.17, 15) is 57.6 Å². The fourth-order valence-corrected chi connectivity index (χ4v) is 6.17. The van der Waals surface area contributed by atoms with Gasteiger partial charge in [-0.25, -0.2) is 8.42 Å². The highest BCUT2D eigenvalue weighted by molar-refractivity contribution is 7.97. The van der Waals surface area contributed by atoms with E-state index in [4.69, 9.17) is 0 Å². The number of phenols is 1. The van der Waals surface area contributed by atoms with Gasteiger partial charge in [-0.1, -0.05) is 65.8 Å². The highest BCUT2D eigenvalue weighted by Gasteiger charge is 2.83. The van der Waals surface area contributed by atoms with Gasteiger partial charge in [-0.05, 0) is 70.5 Å². The molecule has 1 N–H and O–H groups in total. The molecule has 3 aromatic carbocycles. The van der Waals surface area contributed by atoms with Crippen LogP contribution in [0.3, 0.4) is 0 Å². The van der Waals surface area contributed by atoms with Crippen molar-refractivity contribution in [2.75, 3.05) is 0 Å². The van der Waals surface area contributed by atoms with Crippen molar-refractivity contribution in [2.24, 2.45) is 0 Å². The van der Waals surface area contributed by atoms with E-state index < -0.39 is 33.4 Å². The SMILES string of the molecule is CC(C)(C)c1ccc([S+](c2ccc(O)cc2)c2ccc(C(C)(C)C)cc2)cc1.O=S(=O)([O-])C(F)(F)C(F)(F)C(F)(F)C(F)(F)F. The third-order valence-corrected chi connectivity index (χ3v) is 9.53. The molecule has 0 radical (unpaired) electrons. The highest BCUT2D eigenvalue weighted by atomic mass is 32.2. The van der Waals surface area contributed by atoms with E-state index in [1.54, 1.807) is 12.1 Å². The Morgan fingerprint density at radius 2 is 0.844 bits per heavy atom. The first-order valence-corrected chi connectivity index (χ1v) is 15.6. The number of aromatic hydroxyl groups is 1. The predicted octanol–water partition coefficient (Wildman–Crippen LogP) is 9.04. The molecule has 0 heterocycles. The summed E-state index contributed by atoms with van der Waals surface area (Å²) in [4.78, 5) is 3.80. The van der Waals surface area contributed by atoms with Crippen LogP contribution < -0.4 is 0 Å². The van der Waals surface area contributed by atoms with E-state index in [2.05, 4.69) is 90.1 Å². The molecule has 250 valence electrons. The molecule has 0 amide bonds. The van der Waals surface area contributed by atoms with Gasteiger partial charge in [-0.2, -0.15) is 39.5 Å². The van der Waals surface area contributed by atoms with Gasteiger partial charge in [-0.15, -0.1) is 0 Å². The van der Waals surface area contributed by atoms with Gasteiger partial charge in [0.15, 0.2) is 24.8 Å². The molecule has 0 aromatic heterocycles. The standard InChI is InChI=1S/C26H30OS.C4HF9O3S/c1-25(2,3)19-7-13-22(14-8-19)28(24-17-11-21(27)12-18-24)23-15-9-20(10-16-23)26(4,5)6;5-1(6,3(9,10)11)2(7,8)4(12,13)17(14,15)16/h7-18H,1-6H3;(H,14,15,16). The maximum Gasteiger partial charge on any atom is 0.460 e. The van der Waals surface area contributed by atoms with Gasteiger partial charge in [0.05, 0.1) is 10.9 Å². The van der Waals surface area contributed by atoms with E-state index in [-0.39, 0.29) is 21.7 Å². The Kier molecular flexibility index (Phi) is 10.8. The van der Waals surface area contributed by atoms with Crippen LogP contribution >= 0.6 is 0 Å². The van der Waals surface area contributed by atoms with Crippen LogP contribution in [0.15, 0.2) is 87.5 Å². The Bertz CT molecular complexity index is 1480. The molecule has 0 unspecified atom stereocenters. The average Bonchev–Trinajstić information content (AvgIpc) is 2.88. The molecule has 0 fully saturated rings. The third-order valence-electron chi connectivity index (χ3n) is 6.41. The lowest BCUT2D eigenvalue weighted by atomic mass is 9.87. The molecule has 3 aromatic rings. The molecule has 45 heavy (non-hydrogen) atoms. The number of halogens is 9. The van der Waals surface area contributed by atoms with Gasteiger partial charge >= 0.3 is 23.3 Å². The van der Waals surface area contributed by atoms with E-state index in [1.807, 2.05) is 12.1 Å². The Morgan fingerprint density at radius 3 is 1.09 bits per heavy atom. The molecule has 0 atom stereocenters. The van der Waals surface area contributed by atoms with Crippen LogP contribution in [0, 0.1) is 0 Å². The normalized spacial score (nSPS) is 13.8. The van der Waals surface area contributed by atoms with Crippen molar-refractivity contribution >= 4 is 21.0 Å². The second-order valence-electron chi connectivity index (χ2n) is 12.0. The number of rotatable bonds is 6. The summed E-state index contributed by atoms with van der Waals surface area (Å²) in [6.07, 6.45) is -7.16. The quantitative estimate of drug-likeness (QED) is 0.159. The third kappa shape index (κ3) is 8.28. The Balaban J connectivity index is 0.000000358. The lowest BCUT2D eigenvalue weighted by Gasteiger charge is -2.34. The summed E-state index contributed by atoms with van der Waals surface area (Å²) in [7, 11) is -7.62. The molecule has 0 saturated carbocycles. The van der Waals surface area contributed by atoms with Crippen LogP contribution in [0.1, 0.15) is 52.7 Å². The average molecular weight is 691 g/mol. The van der Waals surface area contributed by atoms with Crippen molar-refractivity contribution in [1.82, 2.24) is 0 Å². The Morgan fingerprint density at radius 1 is 0.556 bits per heavy atom.